The number of unbranched alkanes of at least 4 members (excludes halogenated alkanes) is 1. The van der Waals surface area contributed by atoms with Gasteiger partial charge in [0.2, 0.25) is 0 Å². The molecular weight excluding hydrogens is 204 g/mol. The summed E-state index contributed by atoms with van der Waals surface area (Å²) in [6.07, 6.45) is 0.547. The summed E-state index contributed by atoms with van der Waals surface area (Å²) in [5, 5.41) is 18.6. The molecule has 16 heavy (non-hydrogen) atoms. The highest BCUT2D eigenvalue weighted by molar-refractivity contribution is 5.44. The quantitative estimate of drug-likeness (QED) is 0.596. The molecule has 0 unspecified atom stereocenters. The Balaban J connectivity index is 2.95. The van der Waals surface area contributed by atoms with Crippen LogP contribution in [0.25, 0.3) is 0 Å². The van der Waals surface area contributed by atoms with Gasteiger partial charge in [0.15, 0.2) is 6.29 Å². The average Bonchev–Trinajstić information content (AvgIpc) is 2.20. The second-order valence-electron chi connectivity index (χ2n) is 4.08. The predicted octanol–water partition coefficient (Wildman–Crippen LogP) is 2.47. The molecule has 0 saturated carbocycles. The topological polar surface area (TPSA) is 49.7 Å². The third-order valence-corrected chi connectivity index (χ3v) is 2.47. The first kappa shape index (κ1) is 13.0. The number of rotatable bonds is 5. The van der Waals surface area contributed by atoms with Gasteiger partial charge < -0.3 is 14.9 Å². The second kappa shape index (κ2) is 5.87. The van der Waals surface area contributed by atoms with E-state index in [1.165, 1.54) is 0 Å². The molecule has 3 heteroatoms. The Morgan fingerprint density at radius 1 is 1.25 bits per heavy atom. The predicted molar refractivity (Wildman–Crippen MR) is 63.5 cm³/mol. The summed E-state index contributed by atoms with van der Waals surface area (Å²) < 4.78 is 5.60. The molecule has 0 heterocycles. The minimum atomic E-state index is -1.48. The highest BCUT2D eigenvalue weighted by Gasteiger charge is 2.13. The number of hydrogen-bond donors (Lipinski definition) is 2. The van der Waals surface area contributed by atoms with Crippen molar-refractivity contribution in [2.24, 2.45) is 0 Å². The van der Waals surface area contributed by atoms with E-state index in [0.29, 0.717) is 17.9 Å². The van der Waals surface area contributed by atoms with E-state index in [1.807, 2.05) is 19.9 Å². The van der Waals surface area contributed by atoms with Crippen molar-refractivity contribution in [2.45, 2.75) is 39.9 Å². The van der Waals surface area contributed by atoms with Crippen LogP contribution in [-0.2, 0) is 0 Å². The standard InChI is InChI=1S/C13H20O3/c1-4-5-6-16-12-10(3)7-9(2)8-11(12)13(14)15/h7-8,13-15H,4-6H2,1-3H3. The molecule has 90 valence electrons. The van der Waals surface area contributed by atoms with E-state index in [4.69, 9.17) is 4.74 Å². The van der Waals surface area contributed by atoms with Gasteiger partial charge in [0.1, 0.15) is 5.75 Å². The van der Waals surface area contributed by atoms with E-state index in [9.17, 15) is 10.2 Å². The minimum Gasteiger partial charge on any atom is -0.493 e. The van der Waals surface area contributed by atoms with Crippen molar-refractivity contribution in [3.63, 3.8) is 0 Å². The van der Waals surface area contributed by atoms with Gasteiger partial charge in [0.25, 0.3) is 0 Å². The van der Waals surface area contributed by atoms with E-state index >= 15 is 0 Å². The molecule has 1 rings (SSSR count). The Hall–Kier alpha value is -1.06. The Labute approximate surface area is 96.7 Å². The maximum Gasteiger partial charge on any atom is 0.182 e. The zero-order valence-electron chi connectivity index (χ0n) is 10.2. The summed E-state index contributed by atoms with van der Waals surface area (Å²) >= 11 is 0. The number of aryl methyl sites for hydroxylation is 2. The van der Waals surface area contributed by atoms with Crippen molar-refractivity contribution in [1.82, 2.24) is 0 Å². The van der Waals surface area contributed by atoms with Gasteiger partial charge in [-0.15, -0.1) is 0 Å². The van der Waals surface area contributed by atoms with Crippen molar-refractivity contribution in [2.75, 3.05) is 6.61 Å². The largest absolute Gasteiger partial charge is 0.493 e. The van der Waals surface area contributed by atoms with Gasteiger partial charge in [0, 0.05) is 5.56 Å². The first-order valence-electron chi connectivity index (χ1n) is 5.66. The fraction of sp³-hybridized carbons (Fsp3) is 0.538. The molecule has 0 amide bonds. The van der Waals surface area contributed by atoms with Gasteiger partial charge in [0.05, 0.1) is 6.61 Å². The number of aliphatic hydroxyl groups is 2. The Bertz CT molecular complexity index is 345. The Kier molecular flexibility index (Phi) is 4.77. The van der Waals surface area contributed by atoms with Gasteiger partial charge in [-0.2, -0.15) is 0 Å². The SMILES string of the molecule is CCCCOc1c(C)cc(C)cc1C(O)O. The molecule has 0 radical (unpaired) electrons. The Morgan fingerprint density at radius 2 is 1.94 bits per heavy atom. The lowest BCUT2D eigenvalue weighted by Gasteiger charge is -2.16. The van der Waals surface area contributed by atoms with E-state index < -0.39 is 6.29 Å². The fourth-order valence-electron chi connectivity index (χ4n) is 1.69. The Morgan fingerprint density at radius 3 is 2.50 bits per heavy atom. The van der Waals surface area contributed by atoms with E-state index in [-0.39, 0.29) is 0 Å². The van der Waals surface area contributed by atoms with Crippen LogP contribution in [0.4, 0.5) is 0 Å². The summed E-state index contributed by atoms with van der Waals surface area (Å²) in [4.78, 5) is 0. The highest BCUT2D eigenvalue weighted by Crippen LogP contribution is 2.29. The van der Waals surface area contributed by atoms with Gasteiger partial charge in [-0.3, -0.25) is 0 Å². The lowest BCUT2D eigenvalue weighted by molar-refractivity contribution is -0.0443. The molecule has 1 aromatic carbocycles. The lowest BCUT2D eigenvalue weighted by Crippen LogP contribution is -2.05. The summed E-state index contributed by atoms with van der Waals surface area (Å²) in [5.41, 5.74) is 2.40. The van der Waals surface area contributed by atoms with Crippen LogP contribution >= 0.6 is 0 Å². The normalized spacial score (nSPS) is 10.9. The van der Waals surface area contributed by atoms with Crippen molar-refractivity contribution in [1.29, 1.82) is 0 Å². The molecule has 0 spiro atoms. The molecular formula is C13H20O3. The van der Waals surface area contributed by atoms with Gasteiger partial charge in [-0.05, 0) is 31.9 Å². The molecule has 0 aliphatic carbocycles. The molecule has 2 N–H and O–H groups in total. The fourth-order valence-corrected chi connectivity index (χ4v) is 1.69. The van der Waals surface area contributed by atoms with Crippen LogP contribution in [0, 0.1) is 13.8 Å². The van der Waals surface area contributed by atoms with Gasteiger partial charge in [-0.25, -0.2) is 0 Å². The van der Waals surface area contributed by atoms with Crippen molar-refractivity contribution in [3.05, 3.63) is 28.8 Å². The molecule has 0 fully saturated rings. The van der Waals surface area contributed by atoms with Crippen LogP contribution in [0.3, 0.4) is 0 Å². The van der Waals surface area contributed by atoms with Crippen LogP contribution in [0.5, 0.6) is 5.75 Å². The number of ether oxygens (including phenoxy) is 1. The zero-order valence-corrected chi connectivity index (χ0v) is 10.2. The third kappa shape index (κ3) is 3.22. The molecule has 1 aromatic rings. The highest BCUT2D eigenvalue weighted by atomic mass is 16.5. The van der Waals surface area contributed by atoms with Gasteiger partial charge >= 0.3 is 0 Å². The summed E-state index contributed by atoms with van der Waals surface area (Å²) in [6.45, 7) is 6.54. The van der Waals surface area contributed by atoms with Crippen molar-refractivity contribution < 1.29 is 14.9 Å². The molecule has 0 saturated heterocycles. The minimum absolute atomic E-state index is 0.452. The van der Waals surface area contributed by atoms with Crippen molar-refractivity contribution >= 4 is 0 Å². The van der Waals surface area contributed by atoms with Crippen LogP contribution in [0.2, 0.25) is 0 Å². The molecule has 0 atom stereocenters. The summed E-state index contributed by atoms with van der Waals surface area (Å²) in [5.74, 6) is 0.606. The van der Waals surface area contributed by atoms with E-state index in [2.05, 4.69) is 6.92 Å². The van der Waals surface area contributed by atoms with Crippen LogP contribution < -0.4 is 4.74 Å². The lowest BCUT2D eigenvalue weighted by atomic mass is 10.1. The monoisotopic (exact) mass is 224 g/mol. The third-order valence-electron chi connectivity index (χ3n) is 2.47. The van der Waals surface area contributed by atoms with Gasteiger partial charge in [-0.1, -0.05) is 25.0 Å². The summed E-state index contributed by atoms with van der Waals surface area (Å²) in [6, 6.07) is 3.73. The zero-order chi connectivity index (χ0) is 12.1. The first-order chi connectivity index (χ1) is 7.56. The van der Waals surface area contributed by atoms with E-state index in [1.54, 1.807) is 6.07 Å². The molecule has 0 aliphatic rings. The first-order valence-corrected chi connectivity index (χ1v) is 5.66. The van der Waals surface area contributed by atoms with Crippen LogP contribution in [0.15, 0.2) is 12.1 Å². The van der Waals surface area contributed by atoms with Crippen molar-refractivity contribution in [3.8, 4) is 5.75 Å². The smallest absolute Gasteiger partial charge is 0.182 e. The number of hydrogen-bond acceptors (Lipinski definition) is 3. The van der Waals surface area contributed by atoms with Crippen LogP contribution in [0.1, 0.15) is 42.7 Å². The molecule has 0 bridgehead atoms. The number of benzene rings is 1. The summed E-state index contributed by atoms with van der Waals surface area (Å²) in [7, 11) is 0. The molecule has 0 aliphatic heterocycles. The second-order valence-corrected chi connectivity index (χ2v) is 4.08. The average molecular weight is 224 g/mol. The van der Waals surface area contributed by atoms with E-state index in [0.717, 1.165) is 24.0 Å². The maximum absolute atomic E-state index is 9.29. The number of aliphatic hydroxyl groups excluding tert-OH is 1. The van der Waals surface area contributed by atoms with Crippen LogP contribution in [-0.4, -0.2) is 16.8 Å². The molecule has 0 aromatic heterocycles. The maximum atomic E-state index is 9.29. The molecule has 3 nitrogen and oxygen atoms in total.